The quantitative estimate of drug-likeness (QED) is 0.642. The van der Waals surface area contributed by atoms with Crippen LogP contribution in [0.5, 0.6) is 0 Å². The van der Waals surface area contributed by atoms with Crippen molar-refractivity contribution < 1.29 is 23.6 Å². The molecule has 1 aliphatic rings. The standard InChI is InChI=1S/C13H10FNO4.C2H7N/c14-8-3-4-10-11(6-8)13(19)15(12(10)18)9(7-17)2-1-5-16;1-3-2/h3-7,9H,1-2H2;3H,1-2H3. The number of amides is 2. The van der Waals surface area contributed by atoms with E-state index in [1.807, 2.05) is 14.1 Å². The molecule has 22 heavy (non-hydrogen) atoms. The molecule has 1 atom stereocenters. The first-order valence-corrected chi connectivity index (χ1v) is 6.66. The van der Waals surface area contributed by atoms with Crippen LogP contribution in [-0.2, 0) is 9.59 Å². The molecule has 1 unspecified atom stereocenters. The summed E-state index contributed by atoms with van der Waals surface area (Å²) in [7, 11) is 3.75. The van der Waals surface area contributed by atoms with Gasteiger partial charge in [-0.15, -0.1) is 0 Å². The van der Waals surface area contributed by atoms with Crippen molar-refractivity contribution in [3.63, 3.8) is 0 Å². The smallest absolute Gasteiger partial charge is 0.262 e. The van der Waals surface area contributed by atoms with E-state index in [2.05, 4.69) is 5.32 Å². The zero-order valence-electron chi connectivity index (χ0n) is 12.3. The van der Waals surface area contributed by atoms with Crippen molar-refractivity contribution in [1.82, 2.24) is 10.2 Å². The molecular formula is C15H17FN2O4. The third-order valence-electron chi connectivity index (χ3n) is 2.95. The number of halogens is 1. The fourth-order valence-corrected chi connectivity index (χ4v) is 2.03. The van der Waals surface area contributed by atoms with Gasteiger partial charge in [-0.2, -0.15) is 0 Å². The van der Waals surface area contributed by atoms with Crippen LogP contribution in [0.15, 0.2) is 18.2 Å². The van der Waals surface area contributed by atoms with Crippen LogP contribution >= 0.6 is 0 Å². The minimum absolute atomic E-state index is 0.0528. The van der Waals surface area contributed by atoms with Crippen LogP contribution in [0, 0.1) is 5.82 Å². The van der Waals surface area contributed by atoms with Crippen LogP contribution < -0.4 is 5.32 Å². The number of carbonyl (C=O) groups excluding carboxylic acids is 4. The molecule has 6 nitrogen and oxygen atoms in total. The summed E-state index contributed by atoms with van der Waals surface area (Å²) in [5, 5.41) is 2.75. The first-order valence-electron chi connectivity index (χ1n) is 6.66. The topological polar surface area (TPSA) is 83.6 Å². The monoisotopic (exact) mass is 308 g/mol. The van der Waals surface area contributed by atoms with Crippen LogP contribution in [0.25, 0.3) is 0 Å². The summed E-state index contributed by atoms with van der Waals surface area (Å²) in [6.07, 6.45) is 1.18. The molecule has 2 rings (SSSR count). The summed E-state index contributed by atoms with van der Waals surface area (Å²) in [6, 6.07) is 2.26. The summed E-state index contributed by atoms with van der Waals surface area (Å²) < 4.78 is 13.1. The number of rotatable bonds is 5. The van der Waals surface area contributed by atoms with E-state index in [0.717, 1.165) is 17.0 Å². The maximum Gasteiger partial charge on any atom is 0.262 e. The lowest BCUT2D eigenvalue weighted by Crippen LogP contribution is -2.40. The van der Waals surface area contributed by atoms with Gasteiger partial charge in [-0.05, 0) is 38.7 Å². The summed E-state index contributed by atoms with van der Waals surface area (Å²) in [6.45, 7) is 0. The molecule has 118 valence electrons. The van der Waals surface area contributed by atoms with E-state index >= 15 is 0 Å². The van der Waals surface area contributed by atoms with E-state index in [9.17, 15) is 23.6 Å². The minimum Gasteiger partial charge on any atom is -0.323 e. The van der Waals surface area contributed by atoms with Crippen LogP contribution in [-0.4, -0.2) is 49.4 Å². The fourth-order valence-electron chi connectivity index (χ4n) is 2.03. The first-order chi connectivity index (χ1) is 10.5. The predicted molar refractivity (Wildman–Crippen MR) is 77.0 cm³/mol. The fraction of sp³-hybridized carbons (Fsp3) is 0.333. The SMILES string of the molecule is CNC.O=CCCC(C=O)N1C(=O)c2ccc(F)cc2C1=O. The van der Waals surface area contributed by atoms with Gasteiger partial charge in [0.05, 0.1) is 17.2 Å². The first kappa shape index (κ1) is 17.6. The lowest BCUT2D eigenvalue weighted by Gasteiger charge is -2.20. The number of hydrogen-bond donors (Lipinski definition) is 1. The number of nitrogens with zero attached hydrogens (tertiary/aromatic N) is 1. The van der Waals surface area contributed by atoms with Gasteiger partial charge >= 0.3 is 0 Å². The zero-order chi connectivity index (χ0) is 16.7. The van der Waals surface area contributed by atoms with Gasteiger partial charge in [-0.3, -0.25) is 14.5 Å². The second kappa shape index (κ2) is 8.14. The van der Waals surface area contributed by atoms with Crippen molar-refractivity contribution in [2.75, 3.05) is 14.1 Å². The van der Waals surface area contributed by atoms with Gasteiger partial charge in [0.15, 0.2) is 0 Å². The normalized spacial score (nSPS) is 14.0. The van der Waals surface area contributed by atoms with Crippen LogP contribution in [0.1, 0.15) is 33.6 Å². The van der Waals surface area contributed by atoms with E-state index in [1.54, 1.807) is 0 Å². The Morgan fingerprint density at radius 2 is 1.77 bits per heavy atom. The highest BCUT2D eigenvalue weighted by Crippen LogP contribution is 2.26. The number of aldehydes is 2. The van der Waals surface area contributed by atoms with Crippen LogP contribution in [0.2, 0.25) is 0 Å². The van der Waals surface area contributed by atoms with Crippen molar-refractivity contribution >= 4 is 24.4 Å². The summed E-state index contributed by atoms with van der Waals surface area (Å²) >= 11 is 0. The average Bonchev–Trinajstić information content (AvgIpc) is 2.73. The van der Waals surface area contributed by atoms with Gasteiger partial charge in [0.1, 0.15) is 18.4 Å². The van der Waals surface area contributed by atoms with E-state index in [4.69, 9.17) is 0 Å². The van der Waals surface area contributed by atoms with Crippen LogP contribution in [0.3, 0.4) is 0 Å². The molecule has 0 fully saturated rings. The second-order valence-electron chi connectivity index (χ2n) is 4.62. The minimum atomic E-state index is -0.999. The maximum absolute atomic E-state index is 13.1. The Morgan fingerprint density at radius 1 is 1.18 bits per heavy atom. The highest BCUT2D eigenvalue weighted by molar-refractivity contribution is 6.22. The molecule has 0 spiro atoms. The highest BCUT2D eigenvalue weighted by atomic mass is 19.1. The predicted octanol–water partition coefficient (Wildman–Crippen LogP) is 0.804. The number of carbonyl (C=O) groups is 4. The molecule has 0 radical (unpaired) electrons. The molecule has 0 saturated heterocycles. The largest absolute Gasteiger partial charge is 0.323 e. The van der Waals surface area contributed by atoms with Crippen LogP contribution in [0.4, 0.5) is 4.39 Å². The number of imide groups is 1. The van der Waals surface area contributed by atoms with Crippen molar-refractivity contribution in [3.05, 3.63) is 35.1 Å². The van der Waals surface area contributed by atoms with E-state index in [1.165, 1.54) is 6.07 Å². The van der Waals surface area contributed by atoms with E-state index < -0.39 is 23.7 Å². The third kappa shape index (κ3) is 3.62. The van der Waals surface area contributed by atoms with Crippen molar-refractivity contribution in [1.29, 1.82) is 0 Å². The van der Waals surface area contributed by atoms with Gasteiger partial charge in [0, 0.05) is 6.42 Å². The Labute approximate surface area is 127 Å². The maximum atomic E-state index is 13.1. The van der Waals surface area contributed by atoms with Gasteiger partial charge in [0.25, 0.3) is 11.8 Å². The molecule has 0 aromatic heterocycles. The Hall–Kier alpha value is -2.41. The summed E-state index contributed by atoms with van der Waals surface area (Å²) in [5.41, 5.74) is 0.0207. The lowest BCUT2D eigenvalue weighted by molar-refractivity contribution is -0.112. The van der Waals surface area contributed by atoms with E-state index in [0.29, 0.717) is 12.6 Å². The second-order valence-corrected chi connectivity index (χ2v) is 4.62. The average molecular weight is 308 g/mol. The van der Waals surface area contributed by atoms with Gasteiger partial charge in [-0.25, -0.2) is 4.39 Å². The molecule has 1 aliphatic heterocycles. The Kier molecular flexibility index (Phi) is 6.52. The summed E-state index contributed by atoms with van der Waals surface area (Å²) in [5.74, 6) is -1.97. The number of hydrogen-bond acceptors (Lipinski definition) is 5. The molecule has 7 heteroatoms. The third-order valence-corrected chi connectivity index (χ3v) is 2.95. The zero-order valence-corrected chi connectivity index (χ0v) is 12.3. The number of benzene rings is 1. The Balaban J connectivity index is 0.000000745. The lowest BCUT2D eigenvalue weighted by atomic mass is 10.1. The Bertz CT molecular complexity index is 589. The number of fused-ring (bicyclic) bond motifs is 1. The highest BCUT2D eigenvalue weighted by Gasteiger charge is 2.39. The molecule has 0 bridgehead atoms. The van der Waals surface area contributed by atoms with E-state index in [-0.39, 0.29) is 24.0 Å². The molecule has 1 aromatic carbocycles. The molecule has 2 amide bonds. The van der Waals surface area contributed by atoms with Gasteiger partial charge in [-0.1, -0.05) is 0 Å². The Morgan fingerprint density at radius 3 is 2.32 bits per heavy atom. The molecule has 1 N–H and O–H groups in total. The molecule has 0 saturated carbocycles. The molecule has 1 heterocycles. The van der Waals surface area contributed by atoms with Crippen molar-refractivity contribution in [2.45, 2.75) is 18.9 Å². The van der Waals surface area contributed by atoms with Gasteiger partial charge in [0.2, 0.25) is 0 Å². The number of nitrogens with one attached hydrogen (secondary N) is 1. The molecular weight excluding hydrogens is 291 g/mol. The van der Waals surface area contributed by atoms with Crippen molar-refractivity contribution in [2.24, 2.45) is 0 Å². The van der Waals surface area contributed by atoms with Crippen molar-refractivity contribution in [3.8, 4) is 0 Å². The molecule has 0 aliphatic carbocycles. The molecule has 1 aromatic rings. The van der Waals surface area contributed by atoms with Gasteiger partial charge < -0.3 is 14.9 Å². The summed E-state index contributed by atoms with van der Waals surface area (Å²) in [4.78, 5) is 46.1.